The Morgan fingerprint density at radius 1 is 1.17 bits per heavy atom. The zero-order valence-corrected chi connectivity index (χ0v) is 14.1. The van der Waals surface area contributed by atoms with Crippen molar-refractivity contribution in [1.82, 2.24) is 9.97 Å². The van der Waals surface area contributed by atoms with Crippen LogP contribution in [0.2, 0.25) is 0 Å². The Kier molecular flexibility index (Phi) is 5.67. The number of hydrogen-bond acceptors (Lipinski definition) is 6. The molecule has 3 heterocycles. The van der Waals surface area contributed by atoms with Crippen molar-refractivity contribution in [2.75, 3.05) is 55.8 Å². The Balaban J connectivity index is 1.84. The average Bonchev–Trinajstić information content (AvgIpc) is 2.87. The van der Waals surface area contributed by atoms with Gasteiger partial charge in [0, 0.05) is 50.5 Å². The fourth-order valence-corrected chi connectivity index (χ4v) is 3.25. The Hall–Kier alpha value is -1.40. The zero-order valence-electron chi connectivity index (χ0n) is 14.1. The van der Waals surface area contributed by atoms with Crippen LogP contribution in [0.3, 0.4) is 0 Å². The van der Waals surface area contributed by atoms with E-state index in [-0.39, 0.29) is 12.5 Å². The molecule has 0 unspecified atom stereocenters. The molecular weight excluding hydrogens is 292 g/mol. The molecule has 0 spiro atoms. The van der Waals surface area contributed by atoms with Gasteiger partial charge in [-0.2, -0.15) is 4.98 Å². The van der Waals surface area contributed by atoms with E-state index >= 15 is 0 Å². The third-order valence-corrected chi connectivity index (χ3v) is 4.67. The van der Waals surface area contributed by atoms with Crippen molar-refractivity contribution >= 4 is 11.8 Å². The molecule has 2 saturated heterocycles. The van der Waals surface area contributed by atoms with Gasteiger partial charge >= 0.3 is 0 Å². The molecule has 3 rings (SSSR count). The van der Waals surface area contributed by atoms with Crippen molar-refractivity contribution in [3.8, 4) is 0 Å². The molecule has 128 valence electrons. The number of anilines is 2. The predicted molar refractivity (Wildman–Crippen MR) is 91.1 cm³/mol. The van der Waals surface area contributed by atoms with Gasteiger partial charge in [0.15, 0.2) is 0 Å². The van der Waals surface area contributed by atoms with E-state index in [2.05, 4.69) is 22.8 Å². The zero-order chi connectivity index (χ0) is 16.1. The Labute approximate surface area is 138 Å². The van der Waals surface area contributed by atoms with Gasteiger partial charge in [0.05, 0.1) is 13.2 Å². The number of aryl methyl sites for hydroxylation is 1. The lowest BCUT2D eigenvalue weighted by Gasteiger charge is -2.29. The number of aliphatic hydroxyl groups is 1. The van der Waals surface area contributed by atoms with Crippen LogP contribution < -0.4 is 9.80 Å². The van der Waals surface area contributed by atoms with Crippen LogP contribution in [0, 0.1) is 5.92 Å². The van der Waals surface area contributed by atoms with Gasteiger partial charge < -0.3 is 19.6 Å². The first-order valence-electron chi connectivity index (χ1n) is 8.86. The summed E-state index contributed by atoms with van der Waals surface area (Å²) in [5.41, 5.74) is 1.08. The van der Waals surface area contributed by atoms with E-state index in [1.807, 2.05) is 0 Å². The summed E-state index contributed by atoms with van der Waals surface area (Å²) >= 11 is 0. The lowest BCUT2D eigenvalue weighted by molar-refractivity contribution is 0.0959. The maximum Gasteiger partial charge on any atom is 0.227 e. The molecule has 1 aromatic heterocycles. The number of ether oxygens (including phenoxy) is 1. The van der Waals surface area contributed by atoms with Crippen molar-refractivity contribution in [3.05, 3.63) is 11.8 Å². The van der Waals surface area contributed by atoms with Crippen LogP contribution in [-0.4, -0.2) is 61.1 Å². The van der Waals surface area contributed by atoms with E-state index in [0.717, 1.165) is 50.1 Å². The van der Waals surface area contributed by atoms with Crippen molar-refractivity contribution in [3.63, 3.8) is 0 Å². The van der Waals surface area contributed by atoms with E-state index in [1.165, 1.54) is 19.3 Å². The highest BCUT2D eigenvalue weighted by molar-refractivity contribution is 5.46. The fraction of sp³-hybridized carbons (Fsp3) is 0.765. The second-order valence-corrected chi connectivity index (χ2v) is 6.49. The van der Waals surface area contributed by atoms with Crippen LogP contribution in [-0.2, 0) is 11.2 Å². The molecule has 1 N–H and O–H groups in total. The van der Waals surface area contributed by atoms with E-state index in [4.69, 9.17) is 14.7 Å². The third-order valence-electron chi connectivity index (χ3n) is 4.67. The quantitative estimate of drug-likeness (QED) is 0.906. The molecule has 0 radical (unpaired) electrons. The van der Waals surface area contributed by atoms with E-state index < -0.39 is 0 Å². The lowest BCUT2D eigenvalue weighted by atomic mass is 10.1. The second kappa shape index (κ2) is 7.93. The molecule has 0 aliphatic carbocycles. The summed E-state index contributed by atoms with van der Waals surface area (Å²) in [5.74, 6) is 1.99. The molecule has 0 bridgehead atoms. The Bertz CT molecular complexity index is 505. The first-order valence-corrected chi connectivity index (χ1v) is 8.86. The predicted octanol–water partition coefficient (Wildman–Crippen LogP) is 1.47. The summed E-state index contributed by atoms with van der Waals surface area (Å²) in [5, 5.41) is 9.49. The van der Waals surface area contributed by atoms with Crippen LogP contribution in [0.25, 0.3) is 0 Å². The maximum absolute atomic E-state index is 9.49. The van der Waals surface area contributed by atoms with Crippen LogP contribution >= 0.6 is 0 Å². The summed E-state index contributed by atoms with van der Waals surface area (Å²) in [6.07, 6.45) is 4.65. The minimum atomic E-state index is 0.149. The van der Waals surface area contributed by atoms with Gasteiger partial charge in [-0.25, -0.2) is 4.98 Å². The van der Waals surface area contributed by atoms with Gasteiger partial charge in [-0.3, -0.25) is 0 Å². The maximum atomic E-state index is 9.49. The minimum Gasteiger partial charge on any atom is -0.396 e. The first kappa shape index (κ1) is 16.5. The topological polar surface area (TPSA) is 61.7 Å². The minimum absolute atomic E-state index is 0.149. The van der Waals surface area contributed by atoms with Gasteiger partial charge in [-0.05, 0) is 25.7 Å². The molecule has 0 aromatic carbocycles. The second-order valence-electron chi connectivity index (χ2n) is 6.49. The molecule has 1 aromatic rings. The van der Waals surface area contributed by atoms with Crippen molar-refractivity contribution in [2.24, 2.45) is 5.92 Å². The third kappa shape index (κ3) is 4.12. The summed E-state index contributed by atoms with van der Waals surface area (Å²) < 4.78 is 5.60. The van der Waals surface area contributed by atoms with Crippen molar-refractivity contribution < 1.29 is 9.84 Å². The molecular formula is C17H28N4O2. The number of piperidine rings is 1. The van der Waals surface area contributed by atoms with Crippen LogP contribution in [0.1, 0.15) is 31.9 Å². The van der Waals surface area contributed by atoms with E-state index in [0.29, 0.717) is 13.2 Å². The van der Waals surface area contributed by atoms with Gasteiger partial charge in [0.25, 0.3) is 0 Å². The molecule has 1 atom stereocenters. The summed E-state index contributed by atoms with van der Waals surface area (Å²) in [7, 11) is 0. The molecule has 0 saturated carbocycles. The number of aliphatic hydroxyl groups excluding tert-OH is 1. The highest BCUT2D eigenvalue weighted by atomic mass is 16.5. The average molecular weight is 320 g/mol. The highest BCUT2D eigenvalue weighted by Gasteiger charge is 2.22. The van der Waals surface area contributed by atoms with Gasteiger partial charge in [-0.15, -0.1) is 0 Å². The number of rotatable bonds is 4. The van der Waals surface area contributed by atoms with Gasteiger partial charge in [0.1, 0.15) is 5.82 Å². The Morgan fingerprint density at radius 3 is 2.74 bits per heavy atom. The number of aromatic nitrogens is 2. The molecule has 0 amide bonds. The monoisotopic (exact) mass is 320 g/mol. The molecule has 2 fully saturated rings. The molecule has 2 aliphatic rings. The smallest absolute Gasteiger partial charge is 0.227 e. The molecule has 6 heteroatoms. The number of hydrogen-bond donors (Lipinski definition) is 1. The number of nitrogens with zero attached hydrogens (tertiary/aromatic N) is 4. The normalized spacial score (nSPS) is 23.0. The summed E-state index contributed by atoms with van der Waals surface area (Å²) in [4.78, 5) is 14.1. The largest absolute Gasteiger partial charge is 0.396 e. The van der Waals surface area contributed by atoms with Crippen molar-refractivity contribution in [2.45, 2.75) is 32.6 Å². The fourth-order valence-electron chi connectivity index (χ4n) is 3.25. The first-order chi connectivity index (χ1) is 11.3. The summed E-state index contributed by atoms with van der Waals surface area (Å²) in [6.45, 7) is 7.30. The van der Waals surface area contributed by atoms with Gasteiger partial charge in [0.2, 0.25) is 5.95 Å². The van der Waals surface area contributed by atoms with Crippen LogP contribution in [0.15, 0.2) is 6.07 Å². The molecule has 2 aliphatic heterocycles. The summed E-state index contributed by atoms with van der Waals surface area (Å²) in [6, 6.07) is 2.09. The van der Waals surface area contributed by atoms with Crippen LogP contribution in [0.4, 0.5) is 11.8 Å². The Morgan fingerprint density at radius 2 is 2.00 bits per heavy atom. The lowest BCUT2D eigenvalue weighted by Crippen LogP contribution is -2.34. The molecule has 23 heavy (non-hydrogen) atoms. The van der Waals surface area contributed by atoms with E-state index in [9.17, 15) is 5.11 Å². The van der Waals surface area contributed by atoms with Crippen molar-refractivity contribution in [1.29, 1.82) is 0 Å². The molecule has 6 nitrogen and oxygen atoms in total. The van der Waals surface area contributed by atoms with Crippen LogP contribution in [0.5, 0.6) is 0 Å². The van der Waals surface area contributed by atoms with Gasteiger partial charge in [-0.1, -0.05) is 6.92 Å². The standard InChI is InChI=1S/C17H28N4O2/c1-2-15-10-16(21-8-9-23-13-14(11-21)12-22)19-17(18-15)20-6-4-3-5-7-20/h10,14,22H,2-9,11-13H2,1H3/t14-/m1/s1. The van der Waals surface area contributed by atoms with E-state index in [1.54, 1.807) is 0 Å². The SMILES string of the molecule is CCc1cc(N2CCOC[C@@H](CO)C2)nc(N2CCCCC2)n1. The highest BCUT2D eigenvalue weighted by Crippen LogP contribution is 2.22.